The predicted molar refractivity (Wildman–Crippen MR) is 175 cm³/mol. The molecule has 4 fully saturated rings. The SMILES string of the molecule is CC1(C)CC[C@@]2(C(=O)O)CC[C@]3(C)C(=CC[C@H]4[C@@]5(C)C[C@@H](O)[C@H](OC(=O)C=Cc6ccc(O)cc6)C(C)(C)[C@@H]5CC[C@]43C)[C@H]2C1. The average Bonchev–Trinajstić information content (AvgIpc) is 2.94. The van der Waals surface area contributed by atoms with Crippen LogP contribution in [0.15, 0.2) is 42.0 Å². The molecule has 6 rings (SSSR count). The number of phenols is 1. The van der Waals surface area contributed by atoms with E-state index in [1.165, 1.54) is 11.6 Å². The smallest absolute Gasteiger partial charge is 0.331 e. The minimum absolute atomic E-state index is 0.0131. The number of carboxylic acid groups (broad SMARTS) is 1. The van der Waals surface area contributed by atoms with Crippen LogP contribution in [0.1, 0.15) is 112 Å². The normalized spacial score (nSPS) is 43.2. The Labute approximate surface area is 269 Å². The summed E-state index contributed by atoms with van der Waals surface area (Å²) in [6.45, 7) is 16.3. The van der Waals surface area contributed by atoms with Crippen molar-refractivity contribution in [3.8, 4) is 5.75 Å². The number of esters is 1. The van der Waals surface area contributed by atoms with Crippen LogP contribution in [0.4, 0.5) is 0 Å². The number of hydrogen-bond donors (Lipinski definition) is 3. The van der Waals surface area contributed by atoms with E-state index >= 15 is 0 Å². The van der Waals surface area contributed by atoms with Gasteiger partial charge >= 0.3 is 11.9 Å². The minimum Gasteiger partial charge on any atom is -0.508 e. The largest absolute Gasteiger partial charge is 0.508 e. The number of aliphatic hydroxyl groups is 1. The summed E-state index contributed by atoms with van der Waals surface area (Å²) < 4.78 is 6.04. The van der Waals surface area contributed by atoms with Gasteiger partial charge in [-0.15, -0.1) is 0 Å². The maximum atomic E-state index is 13.0. The summed E-state index contributed by atoms with van der Waals surface area (Å²) in [7, 11) is 0. The van der Waals surface area contributed by atoms with E-state index in [1.807, 2.05) is 0 Å². The maximum Gasteiger partial charge on any atom is 0.331 e. The molecule has 6 heteroatoms. The van der Waals surface area contributed by atoms with Gasteiger partial charge in [0.2, 0.25) is 0 Å². The van der Waals surface area contributed by atoms with Crippen molar-refractivity contribution in [3.63, 3.8) is 0 Å². The number of aromatic hydroxyl groups is 1. The number of ether oxygens (including phenoxy) is 1. The highest BCUT2D eigenvalue weighted by Gasteiger charge is 2.70. The van der Waals surface area contributed by atoms with Crippen molar-refractivity contribution < 1.29 is 29.6 Å². The number of carboxylic acids is 1. The van der Waals surface area contributed by atoms with Gasteiger partial charge in [0, 0.05) is 11.5 Å². The van der Waals surface area contributed by atoms with Crippen LogP contribution in [-0.2, 0) is 14.3 Å². The molecule has 0 saturated heterocycles. The van der Waals surface area contributed by atoms with Crippen LogP contribution in [0.25, 0.3) is 6.08 Å². The number of hydrogen-bond acceptors (Lipinski definition) is 5. The topological polar surface area (TPSA) is 104 Å². The molecule has 0 amide bonds. The van der Waals surface area contributed by atoms with Crippen molar-refractivity contribution in [2.24, 2.45) is 50.2 Å². The molecule has 0 heterocycles. The lowest BCUT2D eigenvalue weighted by molar-refractivity contribution is -0.238. The van der Waals surface area contributed by atoms with Crippen LogP contribution in [0.3, 0.4) is 0 Å². The molecule has 246 valence electrons. The molecule has 1 aromatic rings. The van der Waals surface area contributed by atoms with E-state index in [0.717, 1.165) is 56.9 Å². The fourth-order valence-electron chi connectivity index (χ4n) is 11.9. The van der Waals surface area contributed by atoms with Gasteiger partial charge < -0.3 is 20.1 Å². The molecule has 5 aliphatic carbocycles. The standard InChI is InChI=1S/C39H54O6/c1-34(2)18-20-39(33(43)44)21-19-37(6)26(27(39)22-34)13-14-30-36(5)23-28(41)32(35(3,4)29(36)16-17-38(30,37)7)45-31(42)15-10-24-8-11-25(40)12-9-24/h8-13,15,27-30,32,40-41H,14,16-23H2,1-7H3,(H,43,44)/t27-,28-,29+,30+,32+,36+,37-,38-,39-/m1/s1. The van der Waals surface area contributed by atoms with Crippen LogP contribution in [0.2, 0.25) is 0 Å². The number of allylic oxidation sites excluding steroid dienone is 2. The average molecular weight is 619 g/mol. The summed E-state index contributed by atoms with van der Waals surface area (Å²) in [4.78, 5) is 26.0. The Morgan fingerprint density at radius 1 is 0.889 bits per heavy atom. The number of phenolic OH excluding ortho intramolecular Hbond substituents is 1. The van der Waals surface area contributed by atoms with Gasteiger partial charge in [-0.05, 0) is 121 Å². The van der Waals surface area contributed by atoms with Crippen molar-refractivity contribution in [3.05, 3.63) is 47.6 Å². The van der Waals surface area contributed by atoms with Crippen LogP contribution >= 0.6 is 0 Å². The zero-order valence-corrected chi connectivity index (χ0v) is 28.4. The number of carbonyl (C=O) groups excluding carboxylic acids is 1. The first-order valence-electron chi connectivity index (χ1n) is 17.2. The molecule has 4 saturated carbocycles. The molecule has 6 nitrogen and oxygen atoms in total. The van der Waals surface area contributed by atoms with E-state index in [-0.39, 0.29) is 39.2 Å². The van der Waals surface area contributed by atoms with Crippen molar-refractivity contribution in [2.45, 2.75) is 118 Å². The minimum atomic E-state index is -0.780. The third-order valence-corrected chi connectivity index (χ3v) is 14.5. The molecule has 0 spiro atoms. The van der Waals surface area contributed by atoms with Gasteiger partial charge in [-0.3, -0.25) is 4.79 Å². The first-order valence-corrected chi connectivity index (χ1v) is 17.2. The Hall–Kier alpha value is -2.60. The maximum absolute atomic E-state index is 13.0. The Bertz CT molecular complexity index is 1420. The van der Waals surface area contributed by atoms with Crippen molar-refractivity contribution in [2.75, 3.05) is 0 Å². The van der Waals surface area contributed by atoms with Crippen LogP contribution in [0.5, 0.6) is 5.75 Å². The van der Waals surface area contributed by atoms with Gasteiger partial charge in [0.1, 0.15) is 11.9 Å². The monoisotopic (exact) mass is 618 g/mol. The van der Waals surface area contributed by atoms with E-state index in [9.17, 15) is 24.9 Å². The highest BCUT2D eigenvalue weighted by molar-refractivity contribution is 5.87. The van der Waals surface area contributed by atoms with Crippen LogP contribution in [0, 0.1) is 50.2 Å². The third kappa shape index (κ3) is 4.74. The van der Waals surface area contributed by atoms with E-state index in [4.69, 9.17) is 4.74 Å². The molecule has 0 aromatic heterocycles. The van der Waals surface area contributed by atoms with E-state index in [2.05, 4.69) is 54.5 Å². The molecule has 0 unspecified atom stereocenters. The van der Waals surface area contributed by atoms with Crippen LogP contribution < -0.4 is 0 Å². The summed E-state index contributed by atoms with van der Waals surface area (Å²) in [6.07, 6.45) is 12.0. The Balaban J connectivity index is 1.29. The second-order valence-electron chi connectivity index (χ2n) is 17.6. The summed E-state index contributed by atoms with van der Waals surface area (Å²) in [5.41, 5.74) is 0.991. The van der Waals surface area contributed by atoms with Crippen molar-refractivity contribution >= 4 is 18.0 Å². The van der Waals surface area contributed by atoms with E-state index in [1.54, 1.807) is 30.3 Å². The predicted octanol–water partition coefficient (Wildman–Crippen LogP) is 8.17. The summed E-state index contributed by atoms with van der Waals surface area (Å²) >= 11 is 0. The number of aliphatic carboxylic acids is 1. The van der Waals surface area contributed by atoms with Crippen molar-refractivity contribution in [1.29, 1.82) is 0 Å². The van der Waals surface area contributed by atoms with Crippen molar-refractivity contribution in [1.82, 2.24) is 0 Å². The highest BCUT2D eigenvalue weighted by Crippen LogP contribution is 2.75. The summed E-state index contributed by atoms with van der Waals surface area (Å²) in [5.74, 6) is -0.230. The lowest BCUT2D eigenvalue weighted by Gasteiger charge is -2.71. The Morgan fingerprint density at radius 2 is 1.56 bits per heavy atom. The highest BCUT2D eigenvalue weighted by atomic mass is 16.6. The first kappa shape index (κ1) is 32.3. The molecule has 0 aliphatic heterocycles. The lowest BCUT2D eigenvalue weighted by atomic mass is 9.33. The van der Waals surface area contributed by atoms with Gasteiger partial charge in [0.25, 0.3) is 0 Å². The third-order valence-electron chi connectivity index (χ3n) is 14.5. The van der Waals surface area contributed by atoms with Crippen LogP contribution in [-0.4, -0.2) is 39.5 Å². The number of aliphatic hydroxyl groups excluding tert-OH is 1. The number of benzene rings is 1. The van der Waals surface area contributed by atoms with Gasteiger partial charge in [-0.2, -0.15) is 0 Å². The van der Waals surface area contributed by atoms with E-state index < -0.39 is 35.0 Å². The number of rotatable bonds is 4. The molecule has 3 N–H and O–H groups in total. The molecule has 9 atom stereocenters. The Morgan fingerprint density at radius 3 is 2.22 bits per heavy atom. The molecule has 0 radical (unpaired) electrons. The lowest BCUT2D eigenvalue weighted by Crippen LogP contribution is -2.67. The molecule has 0 bridgehead atoms. The molecule has 5 aliphatic rings. The molecule has 45 heavy (non-hydrogen) atoms. The second-order valence-corrected chi connectivity index (χ2v) is 17.6. The second kappa shape index (κ2) is 10.5. The zero-order valence-electron chi connectivity index (χ0n) is 28.4. The fourth-order valence-corrected chi connectivity index (χ4v) is 11.9. The summed E-state index contributed by atoms with van der Waals surface area (Å²) in [5, 5.41) is 31.9. The fraction of sp³-hybridized carbons (Fsp3) is 0.692. The van der Waals surface area contributed by atoms with E-state index in [0.29, 0.717) is 12.3 Å². The molecule has 1 aromatic carbocycles. The molecular formula is C39H54O6. The molecular weight excluding hydrogens is 564 g/mol. The summed E-state index contributed by atoms with van der Waals surface area (Å²) in [6, 6.07) is 6.62. The van der Waals surface area contributed by atoms with Gasteiger partial charge in [0.05, 0.1) is 11.5 Å². The zero-order chi connectivity index (χ0) is 32.8. The van der Waals surface area contributed by atoms with Gasteiger partial charge in [-0.1, -0.05) is 72.2 Å². The first-order chi connectivity index (χ1) is 20.9. The number of carbonyl (C=O) groups is 2. The quantitative estimate of drug-likeness (QED) is 0.179. The number of fused-ring (bicyclic) bond motifs is 7. The Kier molecular flexibility index (Phi) is 7.51. The van der Waals surface area contributed by atoms with Gasteiger partial charge in [-0.25, -0.2) is 4.79 Å². The van der Waals surface area contributed by atoms with Gasteiger partial charge in [0.15, 0.2) is 0 Å².